The second kappa shape index (κ2) is 9.13. The number of rotatable bonds is 8. The molecule has 0 fully saturated rings. The van der Waals surface area contributed by atoms with E-state index >= 15 is 0 Å². The van der Waals surface area contributed by atoms with Crippen LogP contribution in [0.3, 0.4) is 0 Å². The van der Waals surface area contributed by atoms with Crippen molar-refractivity contribution in [3.63, 3.8) is 0 Å². The Kier molecular flexibility index (Phi) is 7.15. The molecule has 5 nitrogen and oxygen atoms in total. The van der Waals surface area contributed by atoms with Gasteiger partial charge in [0.1, 0.15) is 6.16 Å². The Bertz CT molecular complexity index is 693. The van der Waals surface area contributed by atoms with Crippen molar-refractivity contribution >= 4 is 24.9 Å². The zero-order valence-corrected chi connectivity index (χ0v) is 16.6. The van der Waals surface area contributed by atoms with Gasteiger partial charge in [-0.3, -0.25) is 14.3 Å². The molecule has 140 valence electrons. The van der Waals surface area contributed by atoms with Crippen LogP contribution in [0.15, 0.2) is 60.7 Å². The first-order chi connectivity index (χ1) is 12.3. The number of carbonyl (C=O) groups excluding carboxylic acids is 1. The average molecular weight is 375 g/mol. The summed E-state index contributed by atoms with van der Waals surface area (Å²) in [6.07, 6.45) is -0.948. The number of para-hydroxylation sites is 2. The molecule has 0 bridgehead atoms. The van der Waals surface area contributed by atoms with Crippen LogP contribution in [0.4, 0.5) is 11.4 Å². The first-order valence-corrected chi connectivity index (χ1v) is 10.4. The van der Waals surface area contributed by atoms with E-state index in [0.717, 1.165) is 0 Å². The van der Waals surface area contributed by atoms with Crippen molar-refractivity contribution in [3.05, 3.63) is 60.7 Å². The highest BCUT2D eigenvalue weighted by molar-refractivity contribution is 7.55. The molecular formula is C20H26NO4P. The van der Waals surface area contributed by atoms with E-state index in [1.165, 1.54) is 0 Å². The predicted molar refractivity (Wildman–Crippen MR) is 105 cm³/mol. The van der Waals surface area contributed by atoms with Crippen LogP contribution in [-0.4, -0.2) is 24.3 Å². The SMILES string of the molecule is CC(C)OP(=O)(CC(=O)N(c1ccccc1)c1ccccc1)OC(C)C. The van der Waals surface area contributed by atoms with Gasteiger partial charge in [0.25, 0.3) is 0 Å². The first kappa shape index (κ1) is 20.4. The molecular weight excluding hydrogens is 349 g/mol. The summed E-state index contributed by atoms with van der Waals surface area (Å²) in [4.78, 5) is 14.7. The van der Waals surface area contributed by atoms with Gasteiger partial charge < -0.3 is 9.05 Å². The molecule has 0 spiro atoms. The zero-order chi connectivity index (χ0) is 19.2. The van der Waals surface area contributed by atoms with Gasteiger partial charge in [-0.05, 0) is 52.0 Å². The summed E-state index contributed by atoms with van der Waals surface area (Å²) in [7, 11) is -3.57. The van der Waals surface area contributed by atoms with Gasteiger partial charge >= 0.3 is 7.60 Å². The van der Waals surface area contributed by atoms with Crippen molar-refractivity contribution in [1.29, 1.82) is 0 Å². The number of hydrogen-bond donors (Lipinski definition) is 0. The van der Waals surface area contributed by atoms with Gasteiger partial charge in [-0.2, -0.15) is 0 Å². The first-order valence-electron chi connectivity index (χ1n) is 8.69. The van der Waals surface area contributed by atoms with Crippen molar-refractivity contribution in [2.24, 2.45) is 0 Å². The van der Waals surface area contributed by atoms with Gasteiger partial charge in [0.2, 0.25) is 5.91 Å². The second-order valence-electron chi connectivity index (χ2n) is 6.48. The van der Waals surface area contributed by atoms with Gasteiger partial charge in [-0.15, -0.1) is 0 Å². The number of nitrogens with zero attached hydrogens (tertiary/aromatic N) is 1. The fourth-order valence-electron chi connectivity index (χ4n) is 2.57. The molecule has 0 aliphatic heterocycles. The lowest BCUT2D eigenvalue weighted by Gasteiger charge is -2.27. The summed E-state index contributed by atoms with van der Waals surface area (Å²) in [6.45, 7) is 7.08. The van der Waals surface area contributed by atoms with Crippen LogP contribution in [0, 0.1) is 0 Å². The Hall–Kier alpha value is -1.94. The number of anilines is 2. The monoisotopic (exact) mass is 375 g/mol. The molecule has 0 N–H and O–H groups in total. The molecule has 0 unspecified atom stereocenters. The minimum atomic E-state index is -3.57. The highest BCUT2D eigenvalue weighted by Crippen LogP contribution is 2.51. The average Bonchev–Trinajstić information content (AvgIpc) is 2.55. The summed E-state index contributed by atoms with van der Waals surface area (Å²) in [5.74, 6) is -0.341. The van der Waals surface area contributed by atoms with Crippen LogP contribution in [0.25, 0.3) is 0 Å². The smallest absolute Gasteiger partial charge is 0.305 e. The standard InChI is InChI=1S/C20H26NO4P/c1-16(2)24-26(23,25-17(3)4)15-20(22)21(18-11-7-5-8-12-18)19-13-9-6-10-14-19/h5-14,16-17H,15H2,1-4H3. The lowest BCUT2D eigenvalue weighted by molar-refractivity contribution is -0.115. The lowest BCUT2D eigenvalue weighted by Crippen LogP contribution is -2.30. The highest BCUT2D eigenvalue weighted by Gasteiger charge is 2.34. The summed E-state index contributed by atoms with van der Waals surface area (Å²) in [6, 6.07) is 18.5. The highest BCUT2D eigenvalue weighted by atomic mass is 31.2. The Morgan fingerprint density at radius 1 is 0.846 bits per heavy atom. The van der Waals surface area contributed by atoms with Crippen LogP contribution >= 0.6 is 7.60 Å². The molecule has 2 aromatic rings. The van der Waals surface area contributed by atoms with E-state index in [-0.39, 0.29) is 24.3 Å². The molecule has 0 aliphatic carbocycles. The molecule has 6 heteroatoms. The van der Waals surface area contributed by atoms with E-state index in [2.05, 4.69) is 0 Å². The van der Waals surface area contributed by atoms with Gasteiger partial charge in [0.15, 0.2) is 0 Å². The minimum Gasteiger partial charge on any atom is -0.305 e. The third kappa shape index (κ3) is 5.80. The largest absolute Gasteiger partial charge is 0.340 e. The normalized spacial score (nSPS) is 11.8. The van der Waals surface area contributed by atoms with Crippen molar-refractivity contribution in [2.45, 2.75) is 39.9 Å². The molecule has 0 saturated carbocycles. The Balaban J connectivity index is 2.35. The summed E-state index contributed by atoms with van der Waals surface area (Å²) in [5, 5.41) is 0. The minimum absolute atomic E-state index is 0.311. The van der Waals surface area contributed by atoms with Crippen LogP contribution in [0.2, 0.25) is 0 Å². The van der Waals surface area contributed by atoms with Gasteiger partial charge in [0, 0.05) is 11.4 Å². The number of amides is 1. The van der Waals surface area contributed by atoms with E-state index in [4.69, 9.17) is 9.05 Å². The van der Waals surface area contributed by atoms with E-state index in [0.29, 0.717) is 11.4 Å². The Labute approximate surface area is 155 Å². The summed E-state index contributed by atoms with van der Waals surface area (Å²) >= 11 is 0. The van der Waals surface area contributed by atoms with Crippen molar-refractivity contribution < 1.29 is 18.4 Å². The molecule has 0 atom stereocenters. The predicted octanol–water partition coefficient (Wildman–Crippen LogP) is 5.39. The number of carbonyl (C=O) groups is 1. The zero-order valence-electron chi connectivity index (χ0n) is 15.7. The van der Waals surface area contributed by atoms with E-state index < -0.39 is 7.60 Å². The van der Waals surface area contributed by atoms with Gasteiger partial charge in [-0.25, -0.2) is 0 Å². The van der Waals surface area contributed by atoms with Crippen molar-refractivity contribution in [3.8, 4) is 0 Å². The van der Waals surface area contributed by atoms with Crippen LogP contribution < -0.4 is 4.90 Å². The third-order valence-corrected chi connectivity index (χ3v) is 5.49. The fraction of sp³-hybridized carbons (Fsp3) is 0.350. The van der Waals surface area contributed by atoms with Crippen molar-refractivity contribution in [1.82, 2.24) is 0 Å². The quantitative estimate of drug-likeness (QED) is 0.580. The van der Waals surface area contributed by atoms with Crippen LogP contribution in [-0.2, 0) is 18.4 Å². The molecule has 0 aromatic heterocycles. The molecule has 1 amide bonds. The molecule has 0 aliphatic rings. The van der Waals surface area contributed by atoms with E-state index in [1.807, 2.05) is 60.7 Å². The molecule has 0 radical (unpaired) electrons. The Morgan fingerprint density at radius 2 is 1.23 bits per heavy atom. The van der Waals surface area contributed by atoms with Gasteiger partial charge in [0.05, 0.1) is 12.2 Å². The van der Waals surface area contributed by atoms with Crippen LogP contribution in [0.1, 0.15) is 27.7 Å². The third-order valence-electron chi connectivity index (χ3n) is 3.35. The summed E-state index contributed by atoms with van der Waals surface area (Å²) < 4.78 is 24.2. The van der Waals surface area contributed by atoms with E-state index in [1.54, 1.807) is 32.6 Å². The molecule has 2 rings (SSSR count). The van der Waals surface area contributed by atoms with E-state index in [9.17, 15) is 9.36 Å². The maximum atomic E-state index is 13.1. The lowest BCUT2D eigenvalue weighted by atomic mass is 10.2. The molecule has 2 aromatic carbocycles. The maximum absolute atomic E-state index is 13.1. The number of benzene rings is 2. The maximum Gasteiger partial charge on any atom is 0.340 e. The number of hydrogen-bond acceptors (Lipinski definition) is 4. The molecule has 0 saturated heterocycles. The van der Waals surface area contributed by atoms with Crippen molar-refractivity contribution in [2.75, 3.05) is 11.1 Å². The molecule has 26 heavy (non-hydrogen) atoms. The second-order valence-corrected chi connectivity index (χ2v) is 8.44. The van der Waals surface area contributed by atoms with Crippen LogP contribution in [0.5, 0.6) is 0 Å². The molecule has 0 heterocycles. The summed E-state index contributed by atoms with van der Waals surface area (Å²) in [5.41, 5.74) is 1.40. The van der Waals surface area contributed by atoms with Gasteiger partial charge in [-0.1, -0.05) is 36.4 Å². The topological polar surface area (TPSA) is 55.8 Å². The Morgan fingerprint density at radius 3 is 1.58 bits per heavy atom. The fourth-order valence-corrected chi connectivity index (χ4v) is 4.53.